The molecule has 2 aromatic heterocycles. The highest BCUT2D eigenvalue weighted by atomic mass is 19.3. The Kier molecular flexibility index (Phi) is 2.76. The van der Waals surface area contributed by atoms with Crippen LogP contribution >= 0.6 is 0 Å². The van der Waals surface area contributed by atoms with Gasteiger partial charge in [-0.3, -0.25) is 0 Å². The van der Waals surface area contributed by atoms with Crippen LogP contribution in [0.5, 0.6) is 0 Å². The predicted molar refractivity (Wildman–Crippen MR) is 77.2 cm³/mol. The zero-order valence-corrected chi connectivity index (χ0v) is 12.4. The van der Waals surface area contributed by atoms with E-state index in [2.05, 4.69) is 20.4 Å². The van der Waals surface area contributed by atoms with Crippen molar-refractivity contribution in [3.05, 3.63) is 29.7 Å². The Morgan fingerprint density at radius 2 is 1.91 bits per heavy atom. The fraction of sp³-hybridized carbons (Fsp3) is 0.533. The van der Waals surface area contributed by atoms with Crippen molar-refractivity contribution in [1.29, 1.82) is 0 Å². The lowest BCUT2D eigenvalue weighted by molar-refractivity contribution is 0.0710. The van der Waals surface area contributed by atoms with Crippen LogP contribution in [0.3, 0.4) is 0 Å². The lowest BCUT2D eigenvalue weighted by atomic mass is 10.1. The van der Waals surface area contributed by atoms with Gasteiger partial charge >= 0.3 is 0 Å². The van der Waals surface area contributed by atoms with Crippen LogP contribution in [0.2, 0.25) is 0 Å². The lowest BCUT2D eigenvalue weighted by Gasteiger charge is -2.17. The maximum absolute atomic E-state index is 13.2. The summed E-state index contributed by atoms with van der Waals surface area (Å²) in [6.07, 6.45) is 2.83. The summed E-state index contributed by atoms with van der Waals surface area (Å²) in [6.45, 7) is 3.78. The molecule has 2 aliphatic rings. The van der Waals surface area contributed by atoms with Gasteiger partial charge in [-0.1, -0.05) is 0 Å². The highest BCUT2D eigenvalue weighted by Crippen LogP contribution is 2.64. The summed E-state index contributed by atoms with van der Waals surface area (Å²) in [4.78, 5) is 8.82. The summed E-state index contributed by atoms with van der Waals surface area (Å²) in [6, 6.07) is 3.78. The van der Waals surface area contributed by atoms with Gasteiger partial charge in [0, 0.05) is 35.8 Å². The smallest absolute Gasteiger partial charge is 0.254 e. The van der Waals surface area contributed by atoms with E-state index in [9.17, 15) is 8.78 Å². The standard InChI is InChI=1S/C15H17F2N5/c1-8-3-4-22(21-8)14-18-9(2)5-13(20-14)19-10-6-11-12(7-10)15(11,16)17/h3-5,10-12H,6-7H2,1-2H3,(H,18,19,20)/t10?,11-,12+. The van der Waals surface area contributed by atoms with E-state index in [-0.39, 0.29) is 6.04 Å². The fourth-order valence-corrected chi connectivity index (χ4v) is 3.40. The molecule has 0 aliphatic heterocycles. The quantitative estimate of drug-likeness (QED) is 0.947. The van der Waals surface area contributed by atoms with Crippen molar-refractivity contribution in [2.75, 3.05) is 5.32 Å². The van der Waals surface area contributed by atoms with E-state index in [0.29, 0.717) is 24.6 Å². The van der Waals surface area contributed by atoms with E-state index in [0.717, 1.165) is 11.4 Å². The van der Waals surface area contributed by atoms with E-state index in [1.54, 1.807) is 10.9 Å². The third-order valence-corrected chi connectivity index (χ3v) is 4.56. The van der Waals surface area contributed by atoms with Gasteiger partial charge in [0.25, 0.3) is 11.9 Å². The SMILES string of the molecule is Cc1cc(NC2C[C@@H]3[C@H](C2)C3(F)F)nc(-n2ccc(C)n2)n1. The maximum atomic E-state index is 13.2. The molecule has 0 spiro atoms. The van der Waals surface area contributed by atoms with Crippen LogP contribution in [-0.2, 0) is 0 Å². The molecule has 4 rings (SSSR count). The van der Waals surface area contributed by atoms with Crippen molar-refractivity contribution in [3.8, 4) is 5.95 Å². The summed E-state index contributed by atoms with van der Waals surface area (Å²) in [5, 5.41) is 7.57. The van der Waals surface area contributed by atoms with Gasteiger partial charge in [0.1, 0.15) is 5.82 Å². The van der Waals surface area contributed by atoms with Gasteiger partial charge in [-0.2, -0.15) is 10.1 Å². The Labute approximate surface area is 126 Å². The number of fused-ring (bicyclic) bond motifs is 1. The zero-order valence-electron chi connectivity index (χ0n) is 12.4. The van der Waals surface area contributed by atoms with Crippen LogP contribution in [0.15, 0.2) is 18.3 Å². The minimum Gasteiger partial charge on any atom is -0.367 e. The van der Waals surface area contributed by atoms with Crippen molar-refractivity contribution in [3.63, 3.8) is 0 Å². The van der Waals surface area contributed by atoms with Gasteiger partial charge in [-0.15, -0.1) is 0 Å². The van der Waals surface area contributed by atoms with Gasteiger partial charge < -0.3 is 5.32 Å². The Hall–Kier alpha value is -2.05. The van der Waals surface area contributed by atoms with Gasteiger partial charge in [0.05, 0.1) is 5.69 Å². The molecule has 0 aromatic carbocycles. The molecule has 1 unspecified atom stereocenters. The Morgan fingerprint density at radius 1 is 1.18 bits per heavy atom. The molecule has 3 atom stereocenters. The molecule has 7 heteroatoms. The minimum absolute atomic E-state index is 0.0659. The highest BCUT2D eigenvalue weighted by molar-refractivity contribution is 5.40. The molecule has 22 heavy (non-hydrogen) atoms. The van der Waals surface area contributed by atoms with Crippen molar-refractivity contribution >= 4 is 5.82 Å². The van der Waals surface area contributed by atoms with Crippen LogP contribution in [-0.4, -0.2) is 31.7 Å². The minimum atomic E-state index is -2.43. The van der Waals surface area contributed by atoms with E-state index >= 15 is 0 Å². The van der Waals surface area contributed by atoms with Crippen LogP contribution in [0.1, 0.15) is 24.2 Å². The third-order valence-electron chi connectivity index (χ3n) is 4.56. The Morgan fingerprint density at radius 3 is 2.55 bits per heavy atom. The molecular formula is C15H17F2N5. The van der Waals surface area contributed by atoms with Crippen molar-refractivity contribution < 1.29 is 8.78 Å². The first-order valence-electron chi connectivity index (χ1n) is 7.46. The molecular weight excluding hydrogens is 288 g/mol. The first-order valence-corrected chi connectivity index (χ1v) is 7.46. The van der Waals surface area contributed by atoms with Gasteiger partial charge in [0.2, 0.25) is 0 Å². The molecule has 1 N–H and O–H groups in total. The number of nitrogens with zero attached hydrogens (tertiary/aromatic N) is 4. The van der Waals surface area contributed by atoms with Gasteiger partial charge in [-0.25, -0.2) is 18.4 Å². The zero-order chi connectivity index (χ0) is 15.5. The first-order chi connectivity index (χ1) is 10.4. The summed E-state index contributed by atoms with van der Waals surface area (Å²) in [7, 11) is 0. The first kappa shape index (κ1) is 13.6. The van der Waals surface area contributed by atoms with E-state index in [1.807, 2.05) is 26.0 Å². The number of anilines is 1. The normalized spacial score (nSPS) is 28.5. The number of halogens is 2. The van der Waals surface area contributed by atoms with Crippen molar-refractivity contribution in [2.24, 2.45) is 11.8 Å². The van der Waals surface area contributed by atoms with Crippen LogP contribution in [0.4, 0.5) is 14.6 Å². The van der Waals surface area contributed by atoms with Crippen LogP contribution < -0.4 is 5.32 Å². The third kappa shape index (κ3) is 2.15. The van der Waals surface area contributed by atoms with Crippen molar-refractivity contribution in [2.45, 2.75) is 38.7 Å². The van der Waals surface area contributed by atoms with Crippen molar-refractivity contribution in [1.82, 2.24) is 19.7 Å². The molecule has 0 bridgehead atoms. The lowest BCUT2D eigenvalue weighted by Crippen LogP contribution is -2.22. The second-order valence-corrected chi connectivity index (χ2v) is 6.30. The molecule has 2 saturated carbocycles. The fourth-order valence-electron chi connectivity index (χ4n) is 3.40. The number of aromatic nitrogens is 4. The molecule has 116 valence electrons. The molecule has 2 aliphatic carbocycles. The molecule has 5 nitrogen and oxygen atoms in total. The van der Waals surface area contributed by atoms with E-state index in [4.69, 9.17) is 0 Å². The van der Waals surface area contributed by atoms with E-state index in [1.165, 1.54) is 0 Å². The van der Waals surface area contributed by atoms with Crippen LogP contribution in [0, 0.1) is 25.7 Å². The largest absolute Gasteiger partial charge is 0.367 e. The second-order valence-electron chi connectivity index (χ2n) is 6.30. The average Bonchev–Trinajstić information content (AvgIpc) is 2.87. The van der Waals surface area contributed by atoms with Gasteiger partial charge in [-0.05, 0) is 32.8 Å². The average molecular weight is 305 g/mol. The number of alkyl halides is 2. The molecule has 0 saturated heterocycles. The molecule has 2 aromatic rings. The molecule has 0 amide bonds. The summed E-state index contributed by atoms with van der Waals surface area (Å²) >= 11 is 0. The second kappa shape index (κ2) is 4.47. The molecule has 2 fully saturated rings. The monoisotopic (exact) mass is 305 g/mol. The Bertz CT molecular complexity index is 712. The highest BCUT2D eigenvalue weighted by Gasteiger charge is 2.71. The van der Waals surface area contributed by atoms with Gasteiger partial charge in [0.15, 0.2) is 0 Å². The number of nitrogens with one attached hydrogen (secondary N) is 1. The summed E-state index contributed by atoms with van der Waals surface area (Å²) < 4.78 is 28.1. The summed E-state index contributed by atoms with van der Waals surface area (Å²) in [5.74, 6) is -2.16. The predicted octanol–water partition coefficient (Wildman–Crippen LogP) is 2.73. The Balaban J connectivity index is 1.52. The summed E-state index contributed by atoms with van der Waals surface area (Å²) in [5.41, 5.74) is 1.70. The topological polar surface area (TPSA) is 55.6 Å². The number of rotatable bonds is 3. The molecule has 0 radical (unpaired) electrons. The van der Waals surface area contributed by atoms with E-state index < -0.39 is 17.8 Å². The number of hydrogen-bond donors (Lipinski definition) is 1. The maximum Gasteiger partial charge on any atom is 0.254 e. The number of aryl methyl sites for hydroxylation is 2. The van der Waals surface area contributed by atoms with Crippen LogP contribution in [0.25, 0.3) is 5.95 Å². The number of hydrogen-bond acceptors (Lipinski definition) is 4. The molecule has 2 heterocycles.